The maximum atomic E-state index is 4.83. The fraction of sp³-hybridized carbons (Fsp3) is 0.375. The van der Waals surface area contributed by atoms with Crippen LogP contribution in [0.2, 0.25) is 0 Å². The molecule has 0 fully saturated rings. The largest absolute Gasteiger partial charge is 0.274 e. The van der Waals surface area contributed by atoms with Crippen LogP contribution in [-0.2, 0) is 12.8 Å². The third-order valence-electron chi connectivity index (χ3n) is 6.69. The lowest BCUT2D eigenvalue weighted by molar-refractivity contribution is 0.636. The van der Waals surface area contributed by atoms with E-state index in [0.29, 0.717) is 11.8 Å². The van der Waals surface area contributed by atoms with Crippen LogP contribution in [0.3, 0.4) is 0 Å². The van der Waals surface area contributed by atoms with Crippen LogP contribution in [0.5, 0.6) is 0 Å². The molecule has 0 atom stereocenters. The summed E-state index contributed by atoms with van der Waals surface area (Å²) in [6.07, 6.45) is 2.11. The van der Waals surface area contributed by atoms with E-state index in [9.17, 15) is 0 Å². The van der Waals surface area contributed by atoms with Crippen LogP contribution in [0.4, 0.5) is 0 Å². The summed E-state index contributed by atoms with van der Waals surface area (Å²) in [7, 11) is 0. The maximum Gasteiger partial charge on any atom is 0.168 e. The van der Waals surface area contributed by atoms with Crippen LogP contribution in [0, 0.1) is 39.5 Å². The molecule has 0 aliphatic carbocycles. The highest BCUT2D eigenvalue weighted by atomic mass is 15.3. The first kappa shape index (κ1) is 24.9. The summed E-state index contributed by atoms with van der Waals surface area (Å²) in [6.45, 7) is 17.8. The van der Waals surface area contributed by atoms with Gasteiger partial charge in [0.25, 0.3) is 0 Å². The molecule has 0 radical (unpaired) electrons. The molecule has 4 aromatic rings. The molecular formula is C32H39N3. The van der Waals surface area contributed by atoms with Crippen LogP contribution in [0.1, 0.15) is 61.1 Å². The topological polar surface area (TPSA) is 30.7 Å². The van der Waals surface area contributed by atoms with Crippen LogP contribution in [0.15, 0.2) is 54.6 Å². The minimum Gasteiger partial charge on any atom is -0.274 e. The van der Waals surface area contributed by atoms with Crippen molar-refractivity contribution in [2.45, 2.75) is 68.2 Å². The summed E-state index contributed by atoms with van der Waals surface area (Å²) in [4.78, 5) is 0. The number of hydrogen-bond acceptors (Lipinski definition) is 2. The summed E-state index contributed by atoms with van der Waals surface area (Å²) < 4.78 is 2.28. The summed E-state index contributed by atoms with van der Waals surface area (Å²) in [5.74, 6) is 2.99. The third kappa shape index (κ3) is 5.40. The van der Waals surface area contributed by atoms with Crippen LogP contribution >= 0.6 is 0 Å². The fourth-order valence-electron chi connectivity index (χ4n) is 4.98. The van der Waals surface area contributed by atoms with Crippen LogP contribution < -0.4 is 0 Å². The Kier molecular flexibility index (Phi) is 7.25. The van der Waals surface area contributed by atoms with Gasteiger partial charge in [-0.15, -0.1) is 10.2 Å². The molecule has 182 valence electrons. The second-order valence-electron chi connectivity index (χ2n) is 11.0. The zero-order chi connectivity index (χ0) is 25.3. The SMILES string of the molecule is Cc1ccc(-c2nnc(-c3cc(CC(C)C)cc(CC(C)C)c3)n2-c2c(C)cccc2C)cc1C. The van der Waals surface area contributed by atoms with E-state index < -0.39 is 0 Å². The Morgan fingerprint density at radius 3 is 1.66 bits per heavy atom. The van der Waals surface area contributed by atoms with E-state index in [1.807, 2.05) is 0 Å². The summed E-state index contributed by atoms with van der Waals surface area (Å²) in [5.41, 5.74) is 11.1. The van der Waals surface area contributed by atoms with Crippen molar-refractivity contribution in [3.63, 3.8) is 0 Å². The molecule has 0 amide bonds. The van der Waals surface area contributed by atoms with Gasteiger partial charge >= 0.3 is 0 Å². The molecule has 4 rings (SSSR count). The number of aromatic nitrogens is 3. The van der Waals surface area contributed by atoms with E-state index in [1.54, 1.807) is 0 Å². The molecule has 0 spiro atoms. The first-order chi connectivity index (χ1) is 16.6. The molecule has 1 heterocycles. The van der Waals surface area contributed by atoms with Gasteiger partial charge in [0.2, 0.25) is 0 Å². The molecule has 0 aliphatic heterocycles. The van der Waals surface area contributed by atoms with Gasteiger partial charge < -0.3 is 0 Å². The van der Waals surface area contributed by atoms with E-state index in [0.717, 1.165) is 35.6 Å². The Bertz CT molecular complexity index is 1290. The highest BCUT2D eigenvalue weighted by molar-refractivity contribution is 5.70. The van der Waals surface area contributed by atoms with Crippen molar-refractivity contribution in [1.82, 2.24) is 14.8 Å². The molecule has 3 nitrogen and oxygen atoms in total. The van der Waals surface area contributed by atoms with Crippen molar-refractivity contribution < 1.29 is 0 Å². The lowest BCUT2D eigenvalue weighted by atomic mass is 9.94. The van der Waals surface area contributed by atoms with E-state index in [4.69, 9.17) is 10.2 Å². The Balaban J connectivity index is 2.00. The van der Waals surface area contributed by atoms with Gasteiger partial charge in [0.15, 0.2) is 11.6 Å². The van der Waals surface area contributed by atoms with E-state index in [1.165, 1.54) is 39.1 Å². The van der Waals surface area contributed by atoms with Gasteiger partial charge in [-0.2, -0.15) is 0 Å². The molecule has 0 saturated carbocycles. The normalized spacial score (nSPS) is 11.6. The van der Waals surface area contributed by atoms with Gasteiger partial charge in [0, 0.05) is 11.1 Å². The van der Waals surface area contributed by atoms with Gasteiger partial charge in [0.05, 0.1) is 5.69 Å². The lowest BCUT2D eigenvalue weighted by Crippen LogP contribution is -2.06. The first-order valence-electron chi connectivity index (χ1n) is 12.9. The molecule has 0 N–H and O–H groups in total. The molecular weight excluding hydrogens is 426 g/mol. The lowest BCUT2D eigenvalue weighted by Gasteiger charge is -2.18. The molecule has 3 aromatic carbocycles. The van der Waals surface area contributed by atoms with Gasteiger partial charge in [0.1, 0.15) is 0 Å². The standard InChI is InChI=1S/C32H39N3/c1-20(2)14-26-17-27(15-21(3)4)19-29(18-26)32-34-33-31(28-13-12-22(5)25(8)16-28)35(32)30-23(6)10-9-11-24(30)7/h9-13,16-21H,14-15H2,1-8H3. The Hall–Kier alpha value is -3.20. The van der Waals surface area contributed by atoms with E-state index in [-0.39, 0.29) is 0 Å². The highest BCUT2D eigenvalue weighted by Gasteiger charge is 2.21. The number of hydrogen-bond donors (Lipinski definition) is 0. The Labute approximate surface area is 211 Å². The van der Waals surface area contributed by atoms with Gasteiger partial charge in [-0.05, 0) is 104 Å². The predicted molar refractivity (Wildman–Crippen MR) is 148 cm³/mol. The van der Waals surface area contributed by atoms with Crippen molar-refractivity contribution in [2.75, 3.05) is 0 Å². The quantitative estimate of drug-likeness (QED) is 0.275. The van der Waals surface area contributed by atoms with Crippen LogP contribution in [0.25, 0.3) is 28.5 Å². The smallest absolute Gasteiger partial charge is 0.168 e. The Morgan fingerprint density at radius 2 is 1.14 bits per heavy atom. The average Bonchev–Trinajstić information content (AvgIpc) is 3.19. The second-order valence-corrected chi connectivity index (χ2v) is 11.0. The van der Waals surface area contributed by atoms with Gasteiger partial charge in [-0.25, -0.2) is 0 Å². The molecule has 3 heteroatoms. The maximum absolute atomic E-state index is 4.83. The van der Waals surface area contributed by atoms with Crippen LogP contribution in [-0.4, -0.2) is 14.8 Å². The van der Waals surface area contributed by atoms with Crippen molar-refractivity contribution in [3.8, 4) is 28.5 Å². The summed E-state index contributed by atoms with van der Waals surface area (Å²) >= 11 is 0. The zero-order valence-corrected chi connectivity index (χ0v) is 22.6. The zero-order valence-electron chi connectivity index (χ0n) is 22.6. The minimum atomic E-state index is 0.597. The number of aryl methyl sites for hydroxylation is 4. The number of rotatable bonds is 7. The van der Waals surface area contributed by atoms with E-state index in [2.05, 4.69) is 115 Å². The van der Waals surface area contributed by atoms with Gasteiger partial charge in [-0.1, -0.05) is 64.1 Å². The molecule has 35 heavy (non-hydrogen) atoms. The predicted octanol–water partition coefficient (Wildman–Crippen LogP) is 8.23. The summed E-state index contributed by atoms with van der Waals surface area (Å²) in [6, 6.07) is 20.1. The molecule has 1 aromatic heterocycles. The number of nitrogens with zero attached hydrogens (tertiary/aromatic N) is 3. The average molecular weight is 466 g/mol. The molecule has 0 saturated heterocycles. The molecule has 0 unspecified atom stereocenters. The molecule has 0 aliphatic rings. The van der Waals surface area contributed by atoms with Crippen molar-refractivity contribution in [1.29, 1.82) is 0 Å². The number of benzene rings is 3. The second kappa shape index (κ2) is 10.2. The molecule has 0 bridgehead atoms. The first-order valence-corrected chi connectivity index (χ1v) is 12.9. The summed E-state index contributed by atoms with van der Waals surface area (Å²) in [5, 5.41) is 9.61. The van der Waals surface area contributed by atoms with E-state index >= 15 is 0 Å². The number of para-hydroxylation sites is 1. The third-order valence-corrected chi connectivity index (χ3v) is 6.69. The monoisotopic (exact) mass is 465 g/mol. The highest BCUT2D eigenvalue weighted by Crippen LogP contribution is 2.33. The van der Waals surface area contributed by atoms with Crippen molar-refractivity contribution in [3.05, 3.63) is 88.0 Å². The fourth-order valence-corrected chi connectivity index (χ4v) is 4.98. The minimum absolute atomic E-state index is 0.597. The van der Waals surface area contributed by atoms with Crippen molar-refractivity contribution >= 4 is 0 Å². The van der Waals surface area contributed by atoms with Crippen molar-refractivity contribution in [2.24, 2.45) is 11.8 Å². The van der Waals surface area contributed by atoms with Gasteiger partial charge in [-0.3, -0.25) is 4.57 Å². The Morgan fingerprint density at radius 1 is 0.600 bits per heavy atom.